The van der Waals surface area contributed by atoms with E-state index in [0.717, 1.165) is 17.3 Å². The van der Waals surface area contributed by atoms with Crippen molar-refractivity contribution in [1.82, 2.24) is 0 Å². The fourth-order valence-electron chi connectivity index (χ4n) is 0.998. The number of rotatable bonds is 7. The Labute approximate surface area is 94.4 Å². The van der Waals surface area contributed by atoms with Crippen molar-refractivity contribution in [2.45, 2.75) is 52.8 Å². The minimum atomic E-state index is -1.41. The van der Waals surface area contributed by atoms with E-state index < -0.39 is 8.32 Å². The summed E-state index contributed by atoms with van der Waals surface area (Å²) in [4.78, 5) is 0. The zero-order valence-corrected chi connectivity index (χ0v) is 12.0. The van der Waals surface area contributed by atoms with Crippen molar-refractivity contribution in [2.75, 3.05) is 5.75 Å². The van der Waals surface area contributed by atoms with Crippen molar-refractivity contribution >= 4 is 20.1 Å². The van der Waals surface area contributed by atoms with Gasteiger partial charge < -0.3 is 4.43 Å². The first-order chi connectivity index (χ1) is 6.49. The van der Waals surface area contributed by atoms with Crippen LogP contribution in [-0.2, 0) is 4.43 Å². The monoisotopic (exact) mass is 232 g/mol. The molecule has 14 heavy (non-hydrogen) atoms. The summed E-state index contributed by atoms with van der Waals surface area (Å²) in [6.45, 7) is 11.1. The fraction of sp³-hybridized carbons (Fsp3) is 0.818. The van der Waals surface area contributed by atoms with E-state index in [1.54, 1.807) is 0 Å². The minimum absolute atomic E-state index is 1.10. The second-order valence-electron chi connectivity index (χ2n) is 4.31. The van der Waals surface area contributed by atoms with E-state index in [9.17, 15) is 0 Å². The molecule has 0 bridgehead atoms. The summed E-state index contributed by atoms with van der Waals surface area (Å²) >= 11 is 1.83. The molecule has 0 aromatic heterocycles. The molecule has 0 radical (unpaired) electrons. The fourth-order valence-corrected chi connectivity index (χ4v) is 3.19. The lowest BCUT2D eigenvalue weighted by Crippen LogP contribution is -2.24. The Hall–Kier alpha value is 0.107. The third kappa shape index (κ3) is 8.69. The van der Waals surface area contributed by atoms with Crippen LogP contribution in [0.15, 0.2) is 11.2 Å². The topological polar surface area (TPSA) is 9.23 Å². The van der Waals surface area contributed by atoms with Gasteiger partial charge in [-0.1, -0.05) is 32.0 Å². The summed E-state index contributed by atoms with van der Waals surface area (Å²) in [7, 11) is -1.41. The molecule has 0 saturated carbocycles. The predicted octanol–water partition coefficient (Wildman–Crippen LogP) is 4.62. The second kappa shape index (κ2) is 7.41. The first kappa shape index (κ1) is 14.1. The van der Waals surface area contributed by atoms with Crippen LogP contribution in [0, 0.1) is 0 Å². The van der Waals surface area contributed by atoms with Crippen LogP contribution in [0.5, 0.6) is 0 Å². The summed E-state index contributed by atoms with van der Waals surface area (Å²) in [5.41, 5.74) is 0. The molecule has 0 aromatic rings. The van der Waals surface area contributed by atoms with Crippen molar-refractivity contribution in [3.05, 3.63) is 11.2 Å². The van der Waals surface area contributed by atoms with E-state index in [0.29, 0.717) is 0 Å². The SMILES string of the molecule is CCCC/C=C(/O[Si](C)(C)C)SCC. The number of thioether (sulfide) groups is 1. The Bertz CT molecular complexity index is 173. The Morgan fingerprint density at radius 1 is 1.29 bits per heavy atom. The summed E-state index contributed by atoms with van der Waals surface area (Å²) in [6, 6.07) is 0. The van der Waals surface area contributed by atoms with Crippen LogP contribution in [0.2, 0.25) is 19.6 Å². The van der Waals surface area contributed by atoms with Gasteiger partial charge in [0.2, 0.25) is 8.32 Å². The predicted molar refractivity (Wildman–Crippen MR) is 70.2 cm³/mol. The maximum absolute atomic E-state index is 5.99. The molecule has 3 heteroatoms. The van der Waals surface area contributed by atoms with E-state index in [2.05, 4.69) is 39.6 Å². The molecule has 0 spiro atoms. The van der Waals surface area contributed by atoms with Crippen molar-refractivity contribution < 1.29 is 4.43 Å². The molecular weight excluding hydrogens is 208 g/mol. The quantitative estimate of drug-likeness (QED) is 0.360. The lowest BCUT2D eigenvalue weighted by Gasteiger charge is -2.21. The van der Waals surface area contributed by atoms with E-state index >= 15 is 0 Å². The van der Waals surface area contributed by atoms with Crippen LogP contribution in [0.25, 0.3) is 0 Å². The van der Waals surface area contributed by atoms with Gasteiger partial charge in [0.25, 0.3) is 0 Å². The van der Waals surface area contributed by atoms with Gasteiger partial charge in [-0.2, -0.15) is 0 Å². The van der Waals surface area contributed by atoms with Gasteiger partial charge in [-0.25, -0.2) is 0 Å². The van der Waals surface area contributed by atoms with Gasteiger partial charge in [0.05, 0.1) is 0 Å². The number of hydrogen-bond acceptors (Lipinski definition) is 2. The van der Waals surface area contributed by atoms with Crippen molar-refractivity contribution in [3.8, 4) is 0 Å². The molecule has 0 aromatic carbocycles. The number of allylic oxidation sites excluding steroid dienone is 1. The minimum Gasteiger partial charge on any atom is -0.540 e. The van der Waals surface area contributed by atoms with Gasteiger partial charge in [-0.05, 0) is 44.3 Å². The Morgan fingerprint density at radius 2 is 1.93 bits per heavy atom. The van der Waals surface area contributed by atoms with E-state index in [1.807, 2.05) is 11.8 Å². The zero-order chi connectivity index (χ0) is 11.0. The van der Waals surface area contributed by atoms with Gasteiger partial charge in [0.15, 0.2) is 0 Å². The number of unbranched alkanes of at least 4 members (excludes halogenated alkanes) is 2. The molecule has 84 valence electrons. The summed E-state index contributed by atoms with van der Waals surface area (Å²) in [6.07, 6.45) is 5.94. The number of hydrogen-bond donors (Lipinski definition) is 0. The molecule has 0 atom stereocenters. The molecule has 0 aliphatic heterocycles. The maximum Gasteiger partial charge on any atom is 0.242 e. The van der Waals surface area contributed by atoms with E-state index in [4.69, 9.17) is 4.43 Å². The zero-order valence-electron chi connectivity index (χ0n) is 10.2. The van der Waals surface area contributed by atoms with Gasteiger partial charge in [0.1, 0.15) is 5.09 Å². The summed E-state index contributed by atoms with van der Waals surface area (Å²) in [5.74, 6) is 1.10. The van der Waals surface area contributed by atoms with Gasteiger partial charge in [-0.15, -0.1) is 0 Å². The normalized spacial score (nSPS) is 13.1. The maximum atomic E-state index is 5.99. The molecule has 0 rings (SSSR count). The molecule has 0 amide bonds. The highest BCUT2D eigenvalue weighted by atomic mass is 32.2. The van der Waals surface area contributed by atoms with Gasteiger partial charge in [0, 0.05) is 0 Å². The van der Waals surface area contributed by atoms with Crippen molar-refractivity contribution in [1.29, 1.82) is 0 Å². The smallest absolute Gasteiger partial charge is 0.242 e. The van der Waals surface area contributed by atoms with Crippen LogP contribution >= 0.6 is 11.8 Å². The molecule has 0 aliphatic carbocycles. The Balaban J connectivity index is 4.06. The van der Waals surface area contributed by atoms with Crippen LogP contribution < -0.4 is 0 Å². The molecule has 0 fully saturated rings. The highest BCUT2D eigenvalue weighted by Gasteiger charge is 2.17. The van der Waals surface area contributed by atoms with Gasteiger partial charge in [-0.3, -0.25) is 0 Å². The van der Waals surface area contributed by atoms with E-state index in [1.165, 1.54) is 12.8 Å². The lowest BCUT2D eigenvalue weighted by atomic mass is 10.2. The van der Waals surface area contributed by atoms with Crippen LogP contribution in [0.3, 0.4) is 0 Å². The highest BCUT2D eigenvalue weighted by molar-refractivity contribution is 8.02. The van der Waals surface area contributed by atoms with Gasteiger partial charge >= 0.3 is 0 Å². The largest absolute Gasteiger partial charge is 0.540 e. The lowest BCUT2D eigenvalue weighted by molar-refractivity contribution is 0.460. The molecule has 0 saturated heterocycles. The molecule has 0 unspecified atom stereocenters. The molecule has 0 heterocycles. The van der Waals surface area contributed by atoms with Crippen molar-refractivity contribution in [2.24, 2.45) is 0 Å². The third-order valence-corrected chi connectivity index (χ3v) is 3.37. The second-order valence-corrected chi connectivity index (χ2v) is 10.0. The Kier molecular flexibility index (Phi) is 7.46. The molecule has 0 aliphatic rings. The third-order valence-electron chi connectivity index (χ3n) is 1.56. The van der Waals surface area contributed by atoms with Crippen LogP contribution in [0.4, 0.5) is 0 Å². The molecule has 0 N–H and O–H groups in total. The van der Waals surface area contributed by atoms with Crippen LogP contribution in [0.1, 0.15) is 33.1 Å². The standard InChI is InChI=1S/C11H24OSSi/c1-6-8-9-10-11(13-7-2)12-14(3,4)5/h10H,6-9H2,1-5H3/b11-10-. The van der Waals surface area contributed by atoms with E-state index in [-0.39, 0.29) is 0 Å². The molecular formula is C11H24OSSi. The first-order valence-electron chi connectivity index (χ1n) is 5.51. The Morgan fingerprint density at radius 3 is 2.36 bits per heavy atom. The van der Waals surface area contributed by atoms with Crippen molar-refractivity contribution in [3.63, 3.8) is 0 Å². The highest BCUT2D eigenvalue weighted by Crippen LogP contribution is 2.22. The summed E-state index contributed by atoms with van der Waals surface area (Å²) in [5, 5.41) is 1.15. The molecule has 1 nitrogen and oxygen atoms in total. The average Bonchev–Trinajstić information content (AvgIpc) is 2.02. The van der Waals surface area contributed by atoms with Crippen LogP contribution in [-0.4, -0.2) is 14.1 Å². The first-order valence-corrected chi connectivity index (χ1v) is 9.91. The summed E-state index contributed by atoms with van der Waals surface area (Å²) < 4.78 is 5.99. The average molecular weight is 232 g/mol.